The summed E-state index contributed by atoms with van der Waals surface area (Å²) in [5.74, 6) is 0.887. The van der Waals surface area contributed by atoms with Crippen molar-refractivity contribution in [2.24, 2.45) is 0 Å². The second-order valence-corrected chi connectivity index (χ2v) is 9.72. The van der Waals surface area contributed by atoms with Gasteiger partial charge < -0.3 is 5.32 Å². The van der Waals surface area contributed by atoms with Crippen LogP contribution in [0, 0.1) is 0 Å². The zero-order valence-corrected chi connectivity index (χ0v) is 13.5. The van der Waals surface area contributed by atoms with Crippen molar-refractivity contribution >= 4 is 32.2 Å². The molecule has 2 fully saturated rings. The largest absolute Gasteiger partial charge is 0.309 e. The predicted octanol–water partition coefficient (Wildman–Crippen LogP) is 0.753. The van der Waals surface area contributed by atoms with E-state index in [-0.39, 0.29) is 0 Å². The third kappa shape index (κ3) is 3.14. The normalized spacial score (nSPS) is 22.2. The highest BCUT2D eigenvalue weighted by Gasteiger charge is 2.31. The fraction of sp³-hybridized carbons (Fsp3) is 0.667. The van der Waals surface area contributed by atoms with Gasteiger partial charge in [-0.15, -0.1) is 11.3 Å². The number of hydrogen-bond donors (Lipinski definition) is 1. The van der Waals surface area contributed by atoms with Gasteiger partial charge in [0, 0.05) is 52.9 Å². The van der Waals surface area contributed by atoms with Gasteiger partial charge in [-0.25, -0.2) is 8.42 Å². The van der Waals surface area contributed by atoms with Gasteiger partial charge in [-0.05, 0) is 24.3 Å². The Balaban J connectivity index is 1.76. The highest BCUT2D eigenvalue weighted by molar-refractivity contribution is 7.89. The van der Waals surface area contributed by atoms with Crippen LogP contribution < -0.4 is 5.32 Å². The maximum absolute atomic E-state index is 12.6. The molecule has 1 aromatic rings. The fourth-order valence-corrected chi connectivity index (χ4v) is 6.30. The average molecular weight is 334 g/mol. The second-order valence-electron chi connectivity index (χ2n) is 5.12. The third-order valence-corrected chi connectivity index (χ3v) is 7.90. The molecule has 1 saturated carbocycles. The summed E-state index contributed by atoms with van der Waals surface area (Å²) >= 11 is 1.48. The summed E-state index contributed by atoms with van der Waals surface area (Å²) in [5.41, 5.74) is 0. The number of sulfonamides is 1. The number of hydrogen-bond acceptors (Lipinski definition) is 5. The van der Waals surface area contributed by atoms with Crippen molar-refractivity contribution < 1.29 is 12.6 Å². The van der Waals surface area contributed by atoms with E-state index in [2.05, 4.69) is 5.32 Å². The van der Waals surface area contributed by atoms with Gasteiger partial charge in [-0.3, -0.25) is 4.21 Å². The number of nitrogens with one attached hydrogen (secondary N) is 1. The van der Waals surface area contributed by atoms with Gasteiger partial charge in [0.15, 0.2) is 0 Å². The zero-order chi connectivity index (χ0) is 14.2. The molecule has 1 aliphatic carbocycles. The quantitative estimate of drug-likeness (QED) is 0.863. The number of nitrogens with zero attached hydrogens (tertiary/aromatic N) is 1. The van der Waals surface area contributed by atoms with Crippen LogP contribution in [0.15, 0.2) is 16.3 Å². The number of thiophene rings is 1. The van der Waals surface area contributed by atoms with Gasteiger partial charge in [0.1, 0.15) is 0 Å². The first-order valence-corrected chi connectivity index (χ1v) is 10.5. The van der Waals surface area contributed by atoms with Crippen LogP contribution in [0.25, 0.3) is 0 Å². The summed E-state index contributed by atoms with van der Waals surface area (Å²) in [5, 5.41) is 5.19. The lowest BCUT2D eigenvalue weighted by Crippen LogP contribution is -2.41. The summed E-state index contributed by atoms with van der Waals surface area (Å²) in [6, 6.07) is 2.25. The van der Waals surface area contributed by atoms with Gasteiger partial charge in [0.2, 0.25) is 10.0 Å². The SMILES string of the molecule is O=S1CCN(S(=O)(=O)c2ccsc2CNC2CC2)CC1. The maximum atomic E-state index is 12.6. The van der Waals surface area contributed by atoms with Crippen molar-refractivity contribution in [3.8, 4) is 0 Å². The van der Waals surface area contributed by atoms with Crippen LogP contribution in [0.4, 0.5) is 0 Å². The molecule has 0 radical (unpaired) electrons. The van der Waals surface area contributed by atoms with E-state index in [0.29, 0.717) is 42.1 Å². The van der Waals surface area contributed by atoms with E-state index >= 15 is 0 Å². The Morgan fingerprint density at radius 1 is 1.35 bits per heavy atom. The average Bonchev–Trinajstić information content (AvgIpc) is 3.13. The lowest BCUT2D eigenvalue weighted by atomic mass is 10.4. The van der Waals surface area contributed by atoms with Crippen LogP contribution in [-0.2, 0) is 27.4 Å². The highest BCUT2D eigenvalue weighted by Crippen LogP contribution is 2.27. The summed E-state index contributed by atoms with van der Waals surface area (Å²) in [6.07, 6.45) is 2.37. The molecule has 3 rings (SSSR count). The minimum atomic E-state index is -3.43. The summed E-state index contributed by atoms with van der Waals surface area (Å²) in [7, 11) is -4.30. The second kappa shape index (κ2) is 5.84. The molecule has 1 aliphatic heterocycles. The van der Waals surface area contributed by atoms with Crippen LogP contribution in [0.3, 0.4) is 0 Å². The first kappa shape index (κ1) is 14.6. The number of rotatable bonds is 5. The molecular formula is C12H18N2O3S3. The van der Waals surface area contributed by atoms with Crippen molar-refractivity contribution in [1.82, 2.24) is 9.62 Å². The van der Waals surface area contributed by atoms with E-state index in [1.807, 2.05) is 5.38 Å². The van der Waals surface area contributed by atoms with Crippen molar-refractivity contribution in [2.45, 2.75) is 30.3 Å². The summed E-state index contributed by atoms with van der Waals surface area (Å²) < 4.78 is 38.1. The molecule has 0 atom stereocenters. The first-order valence-electron chi connectivity index (χ1n) is 6.72. The third-order valence-electron chi connectivity index (χ3n) is 3.59. The summed E-state index contributed by atoms with van der Waals surface area (Å²) in [4.78, 5) is 1.30. The Hall–Kier alpha value is -0.280. The smallest absolute Gasteiger partial charge is 0.244 e. The van der Waals surface area contributed by atoms with E-state index in [1.165, 1.54) is 28.5 Å². The lowest BCUT2D eigenvalue weighted by molar-refractivity contribution is 0.438. The van der Waals surface area contributed by atoms with E-state index in [0.717, 1.165) is 4.88 Å². The maximum Gasteiger partial charge on any atom is 0.244 e. The Bertz CT molecular complexity index is 597. The highest BCUT2D eigenvalue weighted by atomic mass is 32.2. The molecule has 20 heavy (non-hydrogen) atoms. The van der Waals surface area contributed by atoms with E-state index in [9.17, 15) is 12.6 Å². The molecule has 1 N–H and O–H groups in total. The van der Waals surface area contributed by atoms with Crippen molar-refractivity contribution in [3.63, 3.8) is 0 Å². The Kier molecular flexibility index (Phi) is 4.28. The van der Waals surface area contributed by atoms with E-state index < -0.39 is 20.8 Å². The minimum absolute atomic E-state index is 0.361. The van der Waals surface area contributed by atoms with Crippen LogP contribution >= 0.6 is 11.3 Å². The van der Waals surface area contributed by atoms with Crippen LogP contribution in [-0.4, -0.2) is 47.6 Å². The molecule has 0 amide bonds. The summed E-state index contributed by atoms with van der Waals surface area (Å²) in [6.45, 7) is 1.34. The van der Waals surface area contributed by atoms with Gasteiger partial charge in [-0.1, -0.05) is 0 Å². The molecule has 0 aromatic carbocycles. The predicted molar refractivity (Wildman–Crippen MR) is 80.8 cm³/mol. The molecule has 2 aliphatic rings. The van der Waals surface area contributed by atoms with Crippen LogP contribution in [0.1, 0.15) is 17.7 Å². The van der Waals surface area contributed by atoms with Crippen LogP contribution in [0.2, 0.25) is 0 Å². The Morgan fingerprint density at radius 3 is 2.70 bits per heavy atom. The van der Waals surface area contributed by atoms with Gasteiger partial charge in [-0.2, -0.15) is 4.31 Å². The van der Waals surface area contributed by atoms with Gasteiger partial charge in [0.05, 0.1) is 4.90 Å². The van der Waals surface area contributed by atoms with E-state index in [4.69, 9.17) is 0 Å². The topological polar surface area (TPSA) is 66.5 Å². The fourth-order valence-electron chi connectivity index (χ4n) is 2.21. The monoisotopic (exact) mass is 334 g/mol. The Morgan fingerprint density at radius 2 is 2.05 bits per heavy atom. The Labute approximate surface area is 125 Å². The van der Waals surface area contributed by atoms with Crippen molar-refractivity contribution in [1.29, 1.82) is 0 Å². The van der Waals surface area contributed by atoms with Gasteiger partial charge in [0.25, 0.3) is 0 Å². The molecule has 1 aromatic heterocycles. The molecule has 8 heteroatoms. The standard InChI is InChI=1S/C12H18N2O3S3/c15-19-7-4-14(5-8-19)20(16,17)12-3-6-18-11(12)9-13-10-1-2-10/h3,6,10,13H,1-2,4-5,7-9H2. The zero-order valence-electron chi connectivity index (χ0n) is 11.1. The molecule has 0 bridgehead atoms. The molecule has 2 heterocycles. The lowest BCUT2D eigenvalue weighted by Gasteiger charge is -2.25. The van der Waals surface area contributed by atoms with Crippen molar-refractivity contribution in [3.05, 3.63) is 16.3 Å². The van der Waals surface area contributed by atoms with E-state index in [1.54, 1.807) is 6.07 Å². The molecule has 112 valence electrons. The molecule has 0 spiro atoms. The van der Waals surface area contributed by atoms with Crippen LogP contribution in [0.5, 0.6) is 0 Å². The van der Waals surface area contributed by atoms with Gasteiger partial charge >= 0.3 is 0 Å². The first-order chi connectivity index (χ1) is 9.57. The molecule has 0 unspecified atom stereocenters. The molecule has 1 saturated heterocycles. The minimum Gasteiger partial charge on any atom is -0.309 e. The molecule has 5 nitrogen and oxygen atoms in total. The molecular weight excluding hydrogens is 316 g/mol. The van der Waals surface area contributed by atoms with Crippen molar-refractivity contribution in [2.75, 3.05) is 24.6 Å².